The lowest BCUT2D eigenvalue weighted by atomic mass is 10.1. The van der Waals surface area contributed by atoms with E-state index in [-0.39, 0.29) is 11.5 Å². The van der Waals surface area contributed by atoms with E-state index in [0.29, 0.717) is 11.7 Å². The van der Waals surface area contributed by atoms with E-state index >= 15 is 0 Å². The summed E-state index contributed by atoms with van der Waals surface area (Å²) in [6, 6.07) is 1.53. The summed E-state index contributed by atoms with van der Waals surface area (Å²) in [5.74, 6) is 3.22. The van der Waals surface area contributed by atoms with Crippen LogP contribution in [0.3, 0.4) is 0 Å². The molecule has 0 spiro atoms. The van der Waals surface area contributed by atoms with Crippen LogP contribution in [-0.4, -0.2) is 16.5 Å². The molecule has 0 aromatic carbocycles. The second kappa shape index (κ2) is 4.90. The third-order valence-corrected chi connectivity index (χ3v) is 3.34. The summed E-state index contributed by atoms with van der Waals surface area (Å²) in [5, 5.41) is 3.27. The predicted octanol–water partition coefficient (Wildman–Crippen LogP) is 2.35. The molecule has 4 heteroatoms. The van der Waals surface area contributed by atoms with Crippen molar-refractivity contribution in [3.8, 4) is 0 Å². The average Bonchev–Trinajstić information content (AvgIpc) is 3.08. The smallest absolute Gasteiger partial charge is 0.252 e. The van der Waals surface area contributed by atoms with Crippen LogP contribution in [0.5, 0.6) is 0 Å². The zero-order valence-electron chi connectivity index (χ0n) is 10.8. The number of nitrogens with zero attached hydrogens (tertiary/aromatic N) is 1. The fourth-order valence-electron chi connectivity index (χ4n) is 1.94. The van der Waals surface area contributed by atoms with Crippen molar-refractivity contribution in [1.82, 2.24) is 9.97 Å². The zero-order chi connectivity index (χ0) is 12.4. The Morgan fingerprint density at radius 3 is 2.76 bits per heavy atom. The third-order valence-electron chi connectivity index (χ3n) is 3.34. The van der Waals surface area contributed by atoms with E-state index in [4.69, 9.17) is 0 Å². The normalized spacial score (nSPS) is 17.2. The molecule has 4 nitrogen and oxygen atoms in total. The van der Waals surface area contributed by atoms with E-state index in [0.717, 1.165) is 18.3 Å². The minimum absolute atomic E-state index is 0.0784. The Balaban J connectivity index is 2.01. The van der Waals surface area contributed by atoms with E-state index in [2.05, 4.69) is 22.2 Å². The van der Waals surface area contributed by atoms with Gasteiger partial charge in [0, 0.05) is 18.5 Å². The number of anilines is 1. The van der Waals surface area contributed by atoms with Crippen LogP contribution < -0.4 is 10.9 Å². The van der Waals surface area contributed by atoms with Crippen LogP contribution in [0.1, 0.15) is 45.4 Å². The standard InChI is InChI=1S/C13H21N3O/c1-8(2)13-15-11(6-12(17)16-13)14-7-9(3)10-4-5-10/h6,8-10H,4-5,7H2,1-3H3,(H2,14,15,16,17). The highest BCUT2D eigenvalue weighted by atomic mass is 16.1. The molecule has 0 radical (unpaired) electrons. The van der Waals surface area contributed by atoms with Gasteiger partial charge < -0.3 is 10.3 Å². The van der Waals surface area contributed by atoms with Crippen molar-refractivity contribution in [2.75, 3.05) is 11.9 Å². The van der Waals surface area contributed by atoms with Crippen LogP contribution in [0, 0.1) is 11.8 Å². The Kier molecular flexibility index (Phi) is 3.50. The molecule has 1 saturated carbocycles. The van der Waals surface area contributed by atoms with Gasteiger partial charge in [-0.3, -0.25) is 4.79 Å². The van der Waals surface area contributed by atoms with Crippen molar-refractivity contribution in [3.63, 3.8) is 0 Å². The highest BCUT2D eigenvalue weighted by Gasteiger charge is 2.27. The van der Waals surface area contributed by atoms with Gasteiger partial charge in [-0.15, -0.1) is 0 Å². The minimum atomic E-state index is -0.0784. The molecule has 1 aromatic heterocycles. The first-order valence-electron chi connectivity index (χ1n) is 6.41. The van der Waals surface area contributed by atoms with Gasteiger partial charge >= 0.3 is 0 Å². The Hall–Kier alpha value is -1.32. The number of H-pyrrole nitrogens is 1. The van der Waals surface area contributed by atoms with Crippen molar-refractivity contribution >= 4 is 5.82 Å². The number of nitrogens with one attached hydrogen (secondary N) is 2. The van der Waals surface area contributed by atoms with Gasteiger partial charge in [0.1, 0.15) is 11.6 Å². The number of rotatable bonds is 5. The van der Waals surface area contributed by atoms with Gasteiger partial charge in [-0.25, -0.2) is 4.98 Å². The van der Waals surface area contributed by atoms with E-state index in [1.165, 1.54) is 18.9 Å². The van der Waals surface area contributed by atoms with Crippen LogP contribution in [0.15, 0.2) is 10.9 Å². The highest BCUT2D eigenvalue weighted by molar-refractivity contribution is 5.33. The largest absolute Gasteiger partial charge is 0.370 e. The molecule has 1 heterocycles. The maximum Gasteiger partial charge on any atom is 0.252 e. The topological polar surface area (TPSA) is 57.8 Å². The van der Waals surface area contributed by atoms with Crippen LogP contribution in [-0.2, 0) is 0 Å². The SMILES string of the molecule is CC(C)c1nc(NCC(C)C2CC2)cc(=O)[nH]1. The quantitative estimate of drug-likeness (QED) is 0.823. The van der Waals surface area contributed by atoms with Crippen molar-refractivity contribution in [2.24, 2.45) is 11.8 Å². The first-order valence-corrected chi connectivity index (χ1v) is 6.41. The number of aromatic nitrogens is 2. The van der Waals surface area contributed by atoms with Crippen LogP contribution in [0.4, 0.5) is 5.82 Å². The number of aromatic amines is 1. The van der Waals surface area contributed by atoms with Gasteiger partial charge in [-0.2, -0.15) is 0 Å². The molecule has 94 valence electrons. The van der Waals surface area contributed by atoms with E-state index < -0.39 is 0 Å². The second-order valence-corrected chi connectivity index (χ2v) is 5.37. The lowest BCUT2D eigenvalue weighted by Crippen LogP contribution is -2.18. The molecule has 1 aliphatic rings. The zero-order valence-corrected chi connectivity index (χ0v) is 10.8. The molecule has 1 fully saturated rings. The van der Waals surface area contributed by atoms with E-state index in [1.54, 1.807) is 0 Å². The van der Waals surface area contributed by atoms with Gasteiger partial charge in [0.2, 0.25) is 0 Å². The van der Waals surface area contributed by atoms with E-state index in [9.17, 15) is 4.79 Å². The summed E-state index contributed by atoms with van der Waals surface area (Å²) in [7, 11) is 0. The molecule has 2 N–H and O–H groups in total. The third kappa shape index (κ3) is 3.32. The lowest BCUT2D eigenvalue weighted by Gasteiger charge is -2.13. The summed E-state index contributed by atoms with van der Waals surface area (Å²) >= 11 is 0. The first kappa shape index (κ1) is 12.1. The Morgan fingerprint density at radius 1 is 1.47 bits per heavy atom. The van der Waals surface area contributed by atoms with Gasteiger partial charge in [-0.1, -0.05) is 20.8 Å². The number of hydrogen-bond donors (Lipinski definition) is 2. The summed E-state index contributed by atoms with van der Waals surface area (Å²) in [6.07, 6.45) is 2.70. The molecule has 1 atom stereocenters. The molecule has 1 aliphatic carbocycles. The Bertz CT molecular complexity index is 435. The Labute approximate surface area is 102 Å². The van der Waals surface area contributed by atoms with Gasteiger partial charge in [0.15, 0.2) is 0 Å². The Morgan fingerprint density at radius 2 is 2.18 bits per heavy atom. The summed E-state index contributed by atoms with van der Waals surface area (Å²) in [4.78, 5) is 18.7. The maximum absolute atomic E-state index is 11.5. The predicted molar refractivity (Wildman–Crippen MR) is 69.3 cm³/mol. The fraction of sp³-hybridized carbons (Fsp3) is 0.692. The fourth-order valence-corrected chi connectivity index (χ4v) is 1.94. The molecule has 1 unspecified atom stereocenters. The molecule has 0 aliphatic heterocycles. The summed E-state index contributed by atoms with van der Waals surface area (Å²) in [5.41, 5.74) is -0.0784. The monoisotopic (exact) mass is 235 g/mol. The molecular formula is C13H21N3O. The first-order chi connectivity index (χ1) is 8.06. The van der Waals surface area contributed by atoms with Crippen molar-refractivity contribution in [1.29, 1.82) is 0 Å². The van der Waals surface area contributed by atoms with Gasteiger partial charge in [-0.05, 0) is 24.7 Å². The van der Waals surface area contributed by atoms with Crippen molar-refractivity contribution in [3.05, 3.63) is 22.2 Å². The van der Waals surface area contributed by atoms with Crippen molar-refractivity contribution < 1.29 is 0 Å². The molecule has 0 bridgehead atoms. The number of hydrogen-bond acceptors (Lipinski definition) is 3. The minimum Gasteiger partial charge on any atom is -0.370 e. The summed E-state index contributed by atoms with van der Waals surface area (Å²) < 4.78 is 0. The molecule has 17 heavy (non-hydrogen) atoms. The van der Waals surface area contributed by atoms with E-state index in [1.807, 2.05) is 13.8 Å². The molecule has 0 amide bonds. The van der Waals surface area contributed by atoms with Crippen LogP contribution in [0.25, 0.3) is 0 Å². The second-order valence-electron chi connectivity index (χ2n) is 5.37. The summed E-state index contributed by atoms with van der Waals surface area (Å²) in [6.45, 7) is 7.20. The maximum atomic E-state index is 11.5. The highest BCUT2D eigenvalue weighted by Crippen LogP contribution is 2.36. The van der Waals surface area contributed by atoms with Gasteiger partial charge in [0.25, 0.3) is 5.56 Å². The molecule has 1 aromatic rings. The molecular weight excluding hydrogens is 214 g/mol. The average molecular weight is 235 g/mol. The van der Waals surface area contributed by atoms with Crippen LogP contribution >= 0.6 is 0 Å². The van der Waals surface area contributed by atoms with Crippen LogP contribution in [0.2, 0.25) is 0 Å². The van der Waals surface area contributed by atoms with Crippen molar-refractivity contribution in [2.45, 2.75) is 39.5 Å². The molecule has 0 saturated heterocycles. The molecule has 2 rings (SSSR count). The lowest BCUT2D eigenvalue weighted by molar-refractivity contribution is 0.535. The van der Waals surface area contributed by atoms with Gasteiger partial charge in [0.05, 0.1) is 0 Å².